The molecule has 5 saturated carbocycles. The number of hydrogen-bond acceptors (Lipinski definition) is 7. The number of rotatable bonds is 3. The molecule has 2 spiro atoms. The predicted octanol–water partition coefficient (Wildman–Crippen LogP) is 1.58. The third-order valence-electron chi connectivity index (χ3n) is 7.59. The molecule has 0 atom stereocenters. The van der Waals surface area contributed by atoms with Gasteiger partial charge in [-0.15, -0.1) is 0 Å². The van der Waals surface area contributed by atoms with E-state index in [1.54, 1.807) is 0 Å². The van der Waals surface area contributed by atoms with Crippen molar-refractivity contribution in [3.8, 4) is 0 Å². The molecule has 0 unspecified atom stereocenters. The van der Waals surface area contributed by atoms with Gasteiger partial charge >= 0.3 is 0 Å². The number of nitrogens with one attached hydrogen (secondary N) is 1. The van der Waals surface area contributed by atoms with Crippen LogP contribution >= 0.6 is 0 Å². The van der Waals surface area contributed by atoms with Crippen molar-refractivity contribution in [2.24, 2.45) is 35.3 Å². The summed E-state index contributed by atoms with van der Waals surface area (Å²) in [6.07, 6.45) is 10.8. The van der Waals surface area contributed by atoms with Crippen molar-refractivity contribution in [3.05, 3.63) is 0 Å². The molecule has 5 aliphatic carbocycles. The second kappa shape index (κ2) is 8.29. The van der Waals surface area contributed by atoms with E-state index in [2.05, 4.69) is 5.32 Å². The van der Waals surface area contributed by atoms with Crippen LogP contribution in [0.5, 0.6) is 0 Å². The highest BCUT2D eigenvalue weighted by Gasteiger charge is 2.66. The fourth-order valence-electron chi connectivity index (χ4n) is 6.45. The number of nitrogens with two attached hydrogens (primary N) is 1. The van der Waals surface area contributed by atoms with Gasteiger partial charge in [-0.1, -0.05) is 0 Å². The number of carbonyl (C=O) groups excluding carboxylic acids is 1. The molecule has 9 nitrogen and oxygen atoms in total. The van der Waals surface area contributed by atoms with Crippen LogP contribution in [0.25, 0.3) is 0 Å². The number of carbonyl (C=O) groups is 1. The van der Waals surface area contributed by atoms with Gasteiger partial charge in [0, 0.05) is 31.2 Å². The summed E-state index contributed by atoms with van der Waals surface area (Å²) >= 11 is 0. The molecule has 1 amide bonds. The normalized spacial score (nSPS) is 44.2. The third-order valence-corrected chi connectivity index (χ3v) is 7.59. The van der Waals surface area contributed by atoms with E-state index in [9.17, 15) is 13.2 Å². The minimum absolute atomic E-state index is 0.0595. The Kier molecular flexibility index (Phi) is 6.19. The molecular weight excluding hydrogens is 412 g/mol. The zero-order valence-electron chi connectivity index (χ0n) is 17.5. The predicted molar refractivity (Wildman–Crippen MR) is 107 cm³/mol. The van der Waals surface area contributed by atoms with Gasteiger partial charge in [0.25, 0.3) is 10.1 Å². The first kappa shape index (κ1) is 22.4. The van der Waals surface area contributed by atoms with E-state index in [0.717, 1.165) is 37.5 Å². The zero-order chi connectivity index (χ0) is 21.6. The minimum Gasteiger partial charge on any atom is -0.355 e. The molecule has 172 valence electrons. The second-order valence-electron chi connectivity index (χ2n) is 9.89. The van der Waals surface area contributed by atoms with Crippen LogP contribution in [0.1, 0.15) is 57.8 Å². The van der Waals surface area contributed by atoms with E-state index >= 15 is 0 Å². The average molecular weight is 447 g/mol. The lowest BCUT2D eigenvalue weighted by atomic mass is 9.53. The second-order valence-corrected chi connectivity index (χ2v) is 11.4. The summed E-state index contributed by atoms with van der Waals surface area (Å²) < 4.78 is 32.6. The van der Waals surface area contributed by atoms with Gasteiger partial charge in [-0.3, -0.25) is 9.35 Å². The van der Waals surface area contributed by atoms with Gasteiger partial charge in [0.1, 0.15) is 0 Å². The van der Waals surface area contributed by atoms with E-state index in [1.165, 1.54) is 32.1 Å². The summed E-state index contributed by atoms with van der Waals surface area (Å²) in [4.78, 5) is 23.3. The highest BCUT2D eigenvalue weighted by molar-refractivity contribution is 7.85. The number of amides is 1. The SMILES string of the molecule is CS(=O)(=O)O.NCC(=O)NCC1CCC2(CC1)OOC1(O2)C2CC3CC(C2)CC1C3. The van der Waals surface area contributed by atoms with Crippen molar-refractivity contribution in [1.29, 1.82) is 0 Å². The van der Waals surface area contributed by atoms with Crippen molar-refractivity contribution < 1.29 is 32.3 Å². The van der Waals surface area contributed by atoms with Gasteiger partial charge in [-0.25, -0.2) is 0 Å². The lowest BCUT2D eigenvalue weighted by Gasteiger charge is -2.57. The summed E-state index contributed by atoms with van der Waals surface area (Å²) in [5.74, 6) is 2.19. The molecule has 4 N–H and O–H groups in total. The molecule has 6 fully saturated rings. The maximum Gasteiger partial charge on any atom is 0.261 e. The first-order valence-electron chi connectivity index (χ1n) is 11.1. The van der Waals surface area contributed by atoms with Crippen LogP contribution in [-0.4, -0.2) is 49.8 Å². The highest BCUT2D eigenvalue weighted by Crippen LogP contribution is 2.63. The van der Waals surface area contributed by atoms with Crippen molar-refractivity contribution in [3.63, 3.8) is 0 Å². The standard InChI is InChI=1S/C19H30N2O4.CH4O3S/c20-10-17(22)21-11-12-1-3-18(4-2-12)23-19(25-24-18)15-6-13-5-14(8-15)9-16(19)7-13;1-5(2,3)4/h12-16H,1-11,20H2,(H,21,22);1H3,(H,2,3,4). The summed E-state index contributed by atoms with van der Waals surface area (Å²) in [5, 5.41) is 2.90. The van der Waals surface area contributed by atoms with Gasteiger partial charge in [-0.05, 0) is 62.7 Å². The van der Waals surface area contributed by atoms with Crippen LogP contribution in [-0.2, 0) is 29.4 Å². The lowest BCUT2D eigenvalue weighted by molar-refractivity contribution is -0.390. The Morgan fingerprint density at radius 1 is 1.07 bits per heavy atom. The number of hydrogen-bond donors (Lipinski definition) is 3. The molecule has 6 aliphatic rings. The lowest BCUT2D eigenvalue weighted by Crippen LogP contribution is -2.59. The van der Waals surface area contributed by atoms with E-state index in [0.29, 0.717) is 30.6 Å². The Hall–Kier alpha value is -0.780. The molecule has 6 rings (SSSR count). The molecule has 4 bridgehead atoms. The largest absolute Gasteiger partial charge is 0.355 e. The van der Waals surface area contributed by atoms with Crippen LogP contribution in [0, 0.1) is 29.6 Å². The van der Waals surface area contributed by atoms with Crippen molar-refractivity contribution in [2.75, 3.05) is 19.3 Å². The quantitative estimate of drug-likeness (QED) is 0.439. The van der Waals surface area contributed by atoms with E-state index in [4.69, 9.17) is 24.8 Å². The summed E-state index contributed by atoms with van der Waals surface area (Å²) in [5.41, 5.74) is 5.35. The molecule has 1 saturated heterocycles. The van der Waals surface area contributed by atoms with Gasteiger partial charge < -0.3 is 15.8 Å². The van der Waals surface area contributed by atoms with E-state index < -0.39 is 21.7 Å². The third kappa shape index (κ3) is 4.68. The molecule has 10 heteroatoms. The topological polar surface area (TPSA) is 137 Å². The average Bonchev–Trinajstić information content (AvgIpc) is 3.04. The smallest absolute Gasteiger partial charge is 0.261 e. The highest BCUT2D eigenvalue weighted by atomic mass is 32.2. The van der Waals surface area contributed by atoms with Crippen molar-refractivity contribution >= 4 is 16.0 Å². The minimum atomic E-state index is -3.67. The molecule has 0 aromatic rings. The molecule has 0 radical (unpaired) electrons. The molecule has 0 aromatic heterocycles. The first-order valence-corrected chi connectivity index (χ1v) is 12.9. The van der Waals surface area contributed by atoms with Crippen LogP contribution in [0.4, 0.5) is 0 Å². The van der Waals surface area contributed by atoms with Gasteiger partial charge in [0.15, 0.2) is 0 Å². The molecule has 0 aromatic carbocycles. The van der Waals surface area contributed by atoms with Crippen LogP contribution in [0.15, 0.2) is 0 Å². The first-order chi connectivity index (χ1) is 14.1. The molecular formula is C20H34N2O7S. The Bertz CT molecular complexity index is 712. The van der Waals surface area contributed by atoms with Gasteiger partial charge in [0.2, 0.25) is 17.5 Å². The molecule has 1 heterocycles. The Labute approximate surface area is 178 Å². The fraction of sp³-hybridized carbons (Fsp3) is 0.950. The monoisotopic (exact) mass is 446 g/mol. The van der Waals surface area contributed by atoms with Gasteiger partial charge in [0.05, 0.1) is 12.8 Å². The zero-order valence-corrected chi connectivity index (χ0v) is 18.4. The Morgan fingerprint density at radius 2 is 1.60 bits per heavy atom. The van der Waals surface area contributed by atoms with Crippen LogP contribution in [0.3, 0.4) is 0 Å². The maximum atomic E-state index is 11.3. The van der Waals surface area contributed by atoms with Crippen molar-refractivity contribution in [1.82, 2.24) is 5.32 Å². The van der Waals surface area contributed by atoms with Crippen molar-refractivity contribution in [2.45, 2.75) is 69.4 Å². The van der Waals surface area contributed by atoms with Gasteiger partial charge in [-0.2, -0.15) is 18.2 Å². The van der Waals surface area contributed by atoms with E-state index in [-0.39, 0.29) is 12.5 Å². The summed E-state index contributed by atoms with van der Waals surface area (Å²) in [7, 11) is -3.67. The summed E-state index contributed by atoms with van der Waals surface area (Å²) in [6, 6.07) is 0. The Morgan fingerprint density at radius 3 is 2.10 bits per heavy atom. The molecule has 1 aliphatic heterocycles. The number of ether oxygens (including phenoxy) is 1. The van der Waals surface area contributed by atoms with Crippen LogP contribution < -0.4 is 11.1 Å². The Balaban J connectivity index is 0.000000393. The maximum absolute atomic E-state index is 11.3. The fourth-order valence-corrected chi connectivity index (χ4v) is 6.45. The summed E-state index contributed by atoms with van der Waals surface area (Å²) in [6.45, 7) is 0.761. The van der Waals surface area contributed by atoms with E-state index in [1.807, 2.05) is 0 Å². The molecule has 30 heavy (non-hydrogen) atoms. The van der Waals surface area contributed by atoms with Crippen LogP contribution in [0.2, 0.25) is 0 Å².